The second-order valence-corrected chi connectivity index (χ2v) is 5.39. The van der Waals surface area contributed by atoms with Crippen LogP contribution in [0.3, 0.4) is 0 Å². The fraction of sp³-hybridized carbons (Fsp3) is 0.818. The van der Waals surface area contributed by atoms with Gasteiger partial charge >= 0.3 is 6.09 Å². The van der Waals surface area contributed by atoms with Crippen molar-refractivity contribution < 1.29 is 18.7 Å². The monoisotopic (exact) mass is 246 g/mol. The summed E-state index contributed by atoms with van der Waals surface area (Å²) in [4.78, 5) is 23.2. The Morgan fingerprint density at radius 1 is 1.65 bits per heavy atom. The number of alkyl halides is 1. The predicted octanol–water partition coefficient (Wildman–Crippen LogP) is 0.985. The van der Waals surface area contributed by atoms with Gasteiger partial charge in [0.15, 0.2) is 0 Å². The van der Waals surface area contributed by atoms with Crippen LogP contribution in [-0.2, 0) is 9.53 Å². The topological polar surface area (TPSA) is 67.4 Å². The molecule has 1 fully saturated rings. The molecule has 1 aliphatic rings. The summed E-state index contributed by atoms with van der Waals surface area (Å²) in [5.41, 5.74) is -1.89. The maximum atomic E-state index is 12.8. The zero-order chi connectivity index (χ0) is 13.3. The molecule has 1 saturated heterocycles. The van der Waals surface area contributed by atoms with E-state index in [0.717, 1.165) is 0 Å². The molecule has 2 N–H and O–H groups in total. The zero-order valence-corrected chi connectivity index (χ0v) is 10.6. The Morgan fingerprint density at radius 3 is 2.71 bits per heavy atom. The van der Waals surface area contributed by atoms with Crippen LogP contribution in [0.25, 0.3) is 0 Å². The number of rotatable bonds is 2. The predicted molar refractivity (Wildman–Crippen MR) is 60.2 cm³/mol. The second kappa shape index (κ2) is 4.50. The number of carbonyl (C=O) groups is 2. The molecule has 0 aromatic carbocycles. The highest BCUT2D eigenvalue weighted by molar-refractivity contribution is 5.92. The van der Waals surface area contributed by atoms with Gasteiger partial charge in [0.05, 0.1) is 6.67 Å². The van der Waals surface area contributed by atoms with Crippen LogP contribution in [0.1, 0.15) is 27.7 Å². The standard InChI is InChI=1S/C11H19FN2O3/c1-10(2,3)17-9(16)14-11(4)7(5-12)6-13-8(11)15/h7H,5-6H2,1-4H3,(H,13,15)(H,14,16)/t7-,11-/m0/s1. The number of halogens is 1. The Morgan fingerprint density at radius 2 is 2.24 bits per heavy atom. The molecule has 1 aliphatic heterocycles. The molecule has 0 spiro atoms. The van der Waals surface area contributed by atoms with Crippen LogP contribution in [-0.4, -0.2) is 36.4 Å². The first-order chi connectivity index (χ1) is 7.69. The van der Waals surface area contributed by atoms with Crippen LogP contribution in [0.15, 0.2) is 0 Å². The van der Waals surface area contributed by atoms with E-state index < -0.39 is 29.8 Å². The van der Waals surface area contributed by atoms with Crippen molar-refractivity contribution in [2.45, 2.75) is 38.8 Å². The van der Waals surface area contributed by atoms with Crippen LogP contribution < -0.4 is 10.6 Å². The van der Waals surface area contributed by atoms with Gasteiger partial charge in [-0.2, -0.15) is 0 Å². The van der Waals surface area contributed by atoms with Crippen molar-refractivity contribution in [3.8, 4) is 0 Å². The maximum Gasteiger partial charge on any atom is 0.408 e. The summed E-state index contributed by atoms with van der Waals surface area (Å²) in [6.45, 7) is 6.21. The van der Waals surface area contributed by atoms with Gasteiger partial charge in [0.25, 0.3) is 0 Å². The summed E-state index contributed by atoms with van der Waals surface area (Å²) >= 11 is 0. The number of nitrogens with one attached hydrogen (secondary N) is 2. The molecule has 5 nitrogen and oxygen atoms in total. The molecule has 0 unspecified atom stereocenters. The highest BCUT2D eigenvalue weighted by Gasteiger charge is 2.48. The van der Waals surface area contributed by atoms with Crippen LogP contribution in [0.4, 0.5) is 9.18 Å². The molecule has 98 valence electrons. The lowest BCUT2D eigenvalue weighted by atomic mass is 9.89. The number of hydrogen-bond donors (Lipinski definition) is 2. The molecule has 0 aliphatic carbocycles. The van der Waals surface area contributed by atoms with E-state index in [0.29, 0.717) is 0 Å². The molecule has 17 heavy (non-hydrogen) atoms. The van der Waals surface area contributed by atoms with Crippen molar-refractivity contribution in [2.24, 2.45) is 5.92 Å². The highest BCUT2D eigenvalue weighted by atomic mass is 19.1. The van der Waals surface area contributed by atoms with Crippen LogP contribution in [0, 0.1) is 5.92 Å². The van der Waals surface area contributed by atoms with Gasteiger partial charge in [-0.05, 0) is 27.7 Å². The zero-order valence-electron chi connectivity index (χ0n) is 10.6. The van der Waals surface area contributed by atoms with Crippen LogP contribution in [0.5, 0.6) is 0 Å². The summed E-state index contributed by atoms with van der Waals surface area (Å²) in [6, 6.07) is 0. The average molecular weight is 246 g/mol. The van der Waals surface area contributed by atoms with Gasteiger partial charge < -0.3 is 15.4 Å². The summed E-state index contributed by atoms with van der Waals surface area (Å²) in [5, 5.41) is 4.98. The molecule has 0 saturated carbocycles. The lowest BCUT2D eigenvalue weighted by molar-refractivity contribution is -0.125. The first kappa shape index (κ1) is 13.7. The number of alkyl carbamates (subject to hydrolysis) is 1. The molecular formula is C11H19FN2O3. The molecule has 2 atom stereocenters. The molecule has 2 amide bonds. The van der Waals surface area contributed by atoms with Gasteiger partial charge in [-0.3, -0.25) is 9.18 Å². The highest BCUT2D eigenvalue weighted by Crippen LogP contribution is 2.24. The molecule has 0 bridgehead atoms. The number of carbonyl (C=O) groups excluding carboxylic acids is 2. The van der Waals surface area contributed by atoms with E-state index >= 15 is 0 Å². The number of amides is 2. The largest absolute Gasteiger partial charge is 0.444 e. The Hall–Kier alpha value is -1.33. The summed E-state index contributed by atoms with van der Waals surface area (Å²) in [7, 11) is 0. The molecule has 0 aromatic heterocycles. The minimum Gasteiger partial charge on any atom is -0.444 e. The van der Waals surface area contributed by atoms with Crippen molar-refractivity contribution in [3.63, 3.8) is 0 Å². The molecule has 1 heterocycles. The van der Waals surface area contributed by atoms with E-state index in [1.54, 1.807) is 20.8 Å². The van der Waals surface area contributed by atoms with Gasteiger partial charge in [-0.25, -0.2) is 4.79 Å². The molecule has 1 rings (SSSR count). The van der Waals surface area contributed by atoms with E-state index in [4.69, 9.17) is 4.74 Å². The van der Waals surface area contributed by atoms with Gasteiger partial charge in [-0.1, -0.05) is 0 Å². The third-order valence-corrected chi connectivity index (χ3v) is 2.74. The summed E-state index contributed by atoms with van der Waals surface area (Å²) in [5.74, 6) is -0.950. The molecule has 0 radical (unpaired) electrons. The quantitative estimate of drug-likeness (QED) is 0.763. The first-order valence-corrected chi connectivity index (χ1v) is 5.54. The first-order valence-electron chi connectivity index (χ1n) is 5.54. The van der Waals surface area contributed by atoms with Crippen molar-refractivity contribution >= 4 is 12.0 Å². The van der Waals surface area contributed by atoms with Gasteiger partial charge in [0.1, 0.15) is 11.1 Å². The van der Waals surface area contributed by atoms with E-state index in [9.17, 15) is 14.0 Å². The maximum absolute atomic E-state index is 12.8. The fourth-order valence-electron chi connectivity index (χ4n) is 1.67. The third-order valence-electron chi connectivity index (χ3n) is 2.74. The Kier molecular flexibility index (Phi) is 3.64. The third kappa shape index (κ3) is 3.08. The second-order valence-electron chi connectivity index (χ2n) is 5.39. The molecule has 6 heteroatoms. The Labute approximate surface area is 100 Å². The molecule has 0 aromatic rings. The summed E-state index contributed by atoms with van der Waals surface area (Å²) < 4.78 is 17.8. The minimum absolute atomic E-state index is 0.224. The van der Waals surface area contributed by atoms with Crippen molar-refractivity contribution in [1.29, 1.82) is 0 Å². The SMILES string of the molecule is CC(C)(C)OC(=O)N[C@]1(C)C(=O)NC[C@@H]1CF. The molecular weight excluding hydrogens is 227 g/mol. The van der Waals surface area contributed by atoms with Crippen molar-refractivity contribution in [3.05, 3.63) is 0 Å². The van der Waals surface area contributed by atoms with Crippen LogP contribution >= 0.6 is 0 Å². The Bertz CT molecular complexity index is 327. The lowest BCUT2D eigenvalue weighted by Crippen LogP contribution is -2.56. The number of hydrogen-bond acceptors (Lipinski definition) is 3. The van der Waals surface area contributed by atoms with E-state index in [1.807, 2.05) is 0 Å². The van der Waals surface area contributed by atoms with E-state index in [2.05, 4.69) is 10.6 Å². The van der Waals surface area contributed by atoms with Crippen LogP contribution in [0.2, 0.25) is 0 Å². The smallest absolute Gasteiger partial charge is 0.408 e. The van der Waals surface area contributed by atoms with Crippen molar-refractivity contribution in [1.82, 2.24) is 10.6 Å². The van der Waals surface area contributed by atoms with E-state index in [1.165, 1.54) is 6.92 Å². The van der Waals surface area contributed by atoms with E-state index in [-0.39, 0.29) is 12.5 Å². The van der Waals surface area contributed by atoms with Gasteiger partial charge in [-0.15, -0.1) is 0 Å². The van der Waals surface area contributed by atoms with Gasteiger partial charge in [0.2, 0.25) is 5.91 Å². The van der Waals surface area contributed by atoms with Gasteiger partial charge in [0, 0.05) is 12.5 Å². The summed E-state index contributed by atoms with van der Waals surface area (Å²) in [6.07, 6.45) is -0.712. The van der Waals surface area contributed by atoms with Crippen molar-refractivity contribution in [2.75, 3.05) is 13.2 Å². The number of ether oxygens (including phenoxy) is 1. The minimum atomic E-state index is -1.24. The average Bonchev–Trinajstić information content (AvgIpc) is 2.39. The lowest BCUT2D eigenvalue weighted by Gasteiger charge is -2.29. The Balaban J connectivity index is 2.71. The normalized spacial score (nSPS) is 28.8. The fourth-order valence-corrected chi connectivity index (χ4v) is 1.67.